The quantitative estimate of drug-likeness (QED) is 0.330. The summed E-state index contributed by atoms with van der Waals surface area (Å²) >= 11 is 6.62. The van der Waals surface area contributed by atoms with E-state index in [1.165, 1.54) is 5.56 Å². The summed E-state index contributed by atoms with van der Waals surface area (Å²) in [6, 6.07) is 10.2. The number of aromatic nitrogens is 5. The number of hydrogen-bond donors (Lipinski definition) is 3. The molecule has 4 atom stereocenters. The molecule has 39 heavy (non-hydrogen) atoms. The van der Waals surface area contributed by atoms with Crippen LogP contribution in [0.25, 0.3) is 22.4 Å². The van der Waals surface area contributed by atoms with Crippen molar-refractivity contribution >= 4 is 28.5 Å². The van der Waals surface area contributed by atoms with E-state index in [2.05, 4.69) is 32.1 Å². The van der Waals surface area contributed by atoms with E-state index in [4.69, 9.17) is 30.8 Å². The number of rotatable bonds is 6. The van der Waals surface area contributed by atoms with Crippen molar-refractivity contribution in [3.63, 3.8) is 0 Å². The number of fused-ring (bicyclic) bond motifs is 3. The third-order valence-corrected chi connectivity index (χ3v) is 7.62. The van der Waals surface area contributed by atoms with Crippen LogP contribution in [0, 0.1) is 0 Å². The van der Waals surface area contributed by atoms with Crippen molar-refractivity contribution in [3.05, 3.63) is 52.8 Å². The smallest absolute Gasteiger partial charge is 0.296 e. The first-order valence-electron chi connectivity index (χ1n) is 13.0. The third kappa shape index (κ3) is 4.64. The predicted octanol–water partition coefficient (Wildman–Crippen LogP) is 2.67. The summed E-state index contributed by atoms with van der Waals surface area (Å²) in [7, 11) is 0. The van der Waals surface area contributed by atoms with E-state index >= 15 is 0 Å². The van der Waals surface area contributed by atoms with Crippen molar-refractivity contribution < 1.29 is 24.4 Å². The lowest BCUT2D eigenvalue weighted by Crippen LogP contribution is -2.34. The molecule has 204 valence electrons. The molecule has 12 heteroatoms. The Hall–Kier alpha value is -3.22. The first-order chi connectivity index (χ1) is 18.7. The molecule has 0 bridgehead atoms. The van der Waals surface area contributed by atoms with Crippen molar-refractivity contribution in [2.24, 2.45) is 0 Å². The molecular weight excluding hydrogens is 524 g/mol. The second-order valence-electron chi connectivity index (χ2n) is 11.1. The van der Waals surface area contributed by atoms with Crippen LogP contribution >= 0.6 is 11.6 Å². The number of ether oxygens (including phenoxy) is 3. The van der Waals surface area contributed by atoms with Crippen LogP contribution in [0.15, 0.2) is 36.5 Å². The lowest BCUT2D eigenvalue weighted by atomic mass is 10.1. The SMILES string of the molecule is CC(C)(O)Cn1cc2c(n1)CN(c1ccc(-c3nc4nc(O[C@@H]5COC6[C@H](O)CO[C@@H]65)[nH]c4cc3Cl)cc1)C2. The summed E-state index contributed by atoms with van der Waals surface area (Å²) in [5.74, 6) is 0. The Balaban J connectivity index is 1.06. The van der Waals surface area contributed by atoms with Gasteiger partial charge in [0, 0.05) is 29.6 Å². The van der Waals surface area contributed by atoms with E-state index in [0.717, 1.165) is 23.5 Å². The Labute approximate surface area is 229 Å². The van der Waals surface area contributed by atoms with Gasteiger partial charge in [0.25, 0.3) is 6.01 Å². The third-order valence-electron chi connectivity index (χ3n) is 7.33. The molecule has 2 saturated heterocycles. The molecule has 0 spiro atoms. The number of aromatic amines is 1. The molecule has 3 aromatic heterocycles. The number of nitrogens with zero attached hydrogens (tertiary/aromatic N) is 5. The highest BCUT2D eigenvalue weighted by atomic mass is 35.5. The number of nitrogens with one attached hydrogen (secondary N) is 1. The Kier molecular flexibility index (Phi) is 5.83. The summed E-state index contributed by atoms with van der Waals surface area (Å²) < 4.78 is 19.1. The summed E-state index contributed by atoms with van der Waals surface area (Å²) in [5, 5.41) is 25.2. The largest absolute Gasteiger partial charge is 0.456 e. The Morgan fingerprint density at radius 3 is 2.69 bits per heavy atom. The van der Waals surface area contributed by atoms with Crippen molar-refractivity contribution in [3.8, 4) is 17.3 Å². The zero-order valence-corrected chi connectivity index (χ0v) is 22.3. The summed E-state index contributed by atoms with van der Waals surface area (Å²) in [4.78, 5) is 14.6. The van der Waals surface area contributed by atoms with Crippen molar-refractivity contribution in [2.45, 2.75) is 63.5 Å². The molecule has 11 nitrogen and oxygen atoms in total. The van der Waals surface area contributed by atoms with Crippen LogP contribution in [0.2, 0.25) is 5.02 Å². The molecule has 3 aliphatic rings. The summed E-state index contributed by atoms with van der Waals surface area (Å²) in [6.07, 6.45) is 0.305. The number of pyridine rings is 1. The zero-order chi connectivity index (χ0) is 26.9. The van der Waals surface area contributed by atoms with Gasteiger partial charge in [0.2, 0.25) is 0 Å². The molecule has 0 aliphatic carbocycles. The van der Waals surface area contributed by atoms with Gasteiger partial charge < -0.3 is 34.3 Å². The first kappa shape index (κ1) is 24.8. The average Bonchev–Trinajstić information content (AvgIpc) is 3.67. The van der Waals surface area contributed by atoms with Gasteiger partial charge in [0.1, 0.15) is 18.3 Å². The average molecular weight is 553 g/mol. The van der Waals surface area contributed by atoms with Gasteiger partial charge in [-0.25, -0.2) is 4.98 Å². The molecule has 0 amide bonds. The van der Waals surface area contributed by atoms with E-state index in [1.807, 2.05) is 23.0 Å². The van der Waals surface area contributed by atoms with Gasteiger partial charge in [-0.15, -0.1) is 0 Å². The van der Waals surface area contributed by atoms with Crippen LogP contribution in [-0.2, 0) is 29.1 Å². The van der Waals surface area contributed by atoms with Crippen LogP contribution < -0.4 is 9.64 Å². The van der Waals surface area contributed by atoms with Gasteiger partial charge in [-0.1, -0.05) is 23.7 Å². The number of imidazole rings is 1. The van der Waals surface area contributed by atoms with Crippen LogP contribution in [0.3, 0.4) is 0 Å². The standard InChI is InChI=1S/C27H29ClN6O5/c1-27(2,36)13-34-9-15-8-33(10-19(15)32-34)16-5-3-14(4-6-16)22-17(28)7-18-25(30-22)31-26(29-18)39-21-12-38-23-20(35)11-37-24(21)23/h3-7,9,20-21,23-24,35-36H,8,10-13H2,1-2H3,(H,29,30,31)/t20-,21-,23?,24-/m1/s1. The van der Waals surface area contributed by atoms with Gasteiger partial charge in [-0.2, -0.15) is 10.1 Å². The molecule has 2 fully saturated rings. The molecule has 0 radical (unpaired) electrons. The zero-order valence-electron chi connectivity index (χ0n) is 21.5. The number of benzene rings is 1. The summed E-state index contributed by atoms with van der Waals surface area (Å²) in [6.45, 7) is 6.06. The lowest BCUT2D eigenvalue weighted by molar-refractivity contribution is 0.00706. The van der Waals surface area contributed by atoms with Gasteiger partial charge in [-0.05, 0) is 32.0 Å². The minimum Gasteiger partial charge on any atom is -0.456 e. The highest BCUT2D eigenvalue weighted by molar-refractivity contribution is 6.33. The van der Waals surface area contributed by atoms with Crippen molar-refractivity contribution in [1.82, 2.24) is 24.7 Å². The Morgan fingerprint density at radius 1 is 1.13 bits per heavy atom. The van der Waals surface area contributed by atoms with E-state index < -0.39 is 11.7 Å². The maximum Gasteiger partial charge on any atom is 0.296 e. The van der Waals surface area contributed by atoms with Gasteiger partial charge in [0.15, 0.2) is 11.8 Å². The van der Waals surface area contributed by atoms with Crippen LogP contribution in [-0.4, -0.2) is 78.2 Å². The maximum absolute atomic E-state index is 10.1. The predicted molar refractivity (Wildman–Crippen MR) is 143 cm³/mol. The van der Waals surface area contributed by atoms with E-state index in [-0.39, 0.29) is 24.9 Å². The Bertz CT molecular complexity index is 1510. The monoisotopic (exact) mass is 552 g/mol. The number of anilines is 1. The van der Waals surface area contributed by atoms with Crippen molar-refractivity contribution in [2.75, 3.05) is 18.1 Å². The molecule has 4 aromatic rings. The molecule has 3 N–H and O–H groups in total. The van der Waals surface area contributed by atoms with E-state index in [1.54, 1.807) is 19.9 Å². The normalized spacial score (nSPS) is 24.5. The lowest BCUT2D eigenvalue weighted by Gasteiger charge is -2.20. The molecule has 7 rings (SSSR count). The fraction of sp³-hybridized carbons (Fsp3) is 0.444. The number of halogens is 1. The van der Waals surface area contributed by atoms with Crippen LogP contribution in [0.4, 0.5) is 5.69 Å². The van der Waals surface area contributed by atoms with Gasteiger partial charge >= 0.3 is 0 Å². The van der Waals surface area contributed by atoms with Crippen molar-refractivity contribution in [1.29, 1.82) is 0 Å². The number of H-pyrrole nitrogens is 1. The number of aliphatic hydroxyl groups excluding tert-OH is 1. The summed E-state index contributed by atoms with van der Waals surface area (Å²) in [5.41, 5.74) is 5.14. The minimum absolute atomic E-state index is 0.237. The maximum atomic E-state index is 10.1. The van der Waals surface area contributed by atoms with Gasteiger partial charge in [-0.3, -0.25) is 4.68 Å². The number of hydrogen-bond acceptors (Lipinski definition) is 9. The molecule has 1 unspecified atom stereocenters. The topological polar surface area (TPSA) is 131 Å². The number of aliphatic hydroxyl groups is 2. The van der Waals surface area contributed by atoms with E-state index in [9.17, 15) is 10.2 Å². The molecule has 1 aromatic carbocycles. The fourth-order valence-corrected chi connectivity index (χ4v) is 5.80. The van der Waals surface area contributed by atoms with Crippen LogP contribution in [0.5, 0.6) is 6.01 Å². The Morgan fingerprint density at radius 2 is 1.92 bits per heavy atom. The second kappa shape index (κ2) is 9.17. The molecule has 6 heterocycles. The first-order valence-corrected chi connectivity index (χ1v) is 13.4. The van der Waals surface area contributed by atoms with Crippen LogP contribution in [0.1, 0.15) is 25.1 Å². The fourth-order valence-electron chi connectivity index (χ4n) is 5.54. The highest BCUT2D eigenvalue weighted by Crippen LogP contribution is 2.34. The molecular formula is C27H29ClN6O5. The molecule has 3 aliphatic heterocycles. The minimum atomic E-state index is -0.804. The second-order valence-corrected chi connectivity index (χ2v) is 11.5. The highest BCUT2D eigenvalue weighted by Gasteiger charge is 2.48. The molecule has 0 saturated carbocycles. The van der Waals surface area contributed by atoms with E-state index in [0.29, 0.717) is 47.6 Å². The van der Waals surface area contributed by atoms with Gasteiger partial charge in [0.05, 0.1) is 53.8 Å².